The Morgan fingerprint density at radius 1 is 0.818 bits per heavy atom. The van der Waals surface area contributed by atoms with Crippen molar-refractivity contribution in [1.29, 1.82) is 0 Å². The highest BCUT2D eigenvalue weighted by molar-refractivity contribution is 6.13. The Hall–Kier alpha value is -4.91. The van der Waals surface area contributed by atoms with Crippen LogP contribution in [0.2, 0.25) is 0 Å². The molecule has 0 radical (unpaired) electrons. The molecule has 0 amide bonds. The van der Waals surface area contributed by atoms with E-state index < -0.39 is 18.2 Å². The van der Waals surface area contributed by atoms with E-state index in [0.717, 1.165) is 28.0 Å². The van der Waals surface area contributed by atoms with Crippen molar-refractivity contribution >= 4 is 39.8 Å². The summed E-state index contributed by atoms with van der Waals surface area (Å²) in [7, 11) is 1.68. The average molecular weight is 595 g/mol. The number of hydrogen-bond donors (Lipinski definition) is 0. The molecule has 0 unspecified atom stereocenters. The maximum absolute atomic E-state index is 13.2. The molecule has 0 saturated carbocycles. The van der Waals surface area contributed by atoms with E-state index >= 15 is 0 Å². The molecule has 0 spiro atoms. The minimum Gasteiger partial charge on any atom is -0.496 e. The Kier molecular flexibility index (Phi) is 9.58. The van der Waals surface area contributed by atoms with Gasteiger partial charge in [-0.2, -0.15) is 0 Å². The van der Waals surface area contributed by atoms with Gasteiger partial charge in [0.25, 0.3) is 0 Å². The van der Waals surface area contributed by atoms with Crippen LogP contribution < -0.4 is 10.4 Å². The van der Waals surface area contributed by atoms with E-state index in [1.54, 1.807) is 40.0 Å². The van der Waals surface area contributed by atoms with Gasteiger partial charge in [0, 0.05) is 28.5 Å². The van der Waals surface area contributed by atoms with E-state index in [1.165, 1.54) is 23.3 Å². The number of ether oxygens (including phenoxy) is 2. The van der Waals surface area contributed by atoms with Crippen LogP contribution in [0.5, 0.6) is 5.75 Å². The SMILES string of the molecule is COc1cc(C)c(/C=C/C(C)=C/C=C/C(C)=C/C(=O)OCC(=O)c2c(C)oc3c(C)c4oc(=O)cc(C)c4cc23)c(C)c1C. The Balaban J connectivity index is 1.42. The van der Waals surface area contributed by atoms with Gasteiger partial charge in [0.15, 0.2) is 6.61 Å². The first kappa shape index (κ1) is 32.0. The maximum Gasteiger partial charge on any atom is 0.336 e. The molecule has 2 aromatic heterocycles. The third-order valence-corrected chi connectivity index (χ3v) is 7.83. The summed E-state index contributed by atoms with van der Waals surface area (Å²) >= 11 is 0. The molecule has 228 valence electrons. The predicted molar refractivity (Wildman–Crippen MR) is 175 cm³/mol. The van der Waals surface area contributed by atoms with Gasteiger partial charge in [-0.15, -0.1) is 0 Å². The second-order valence-corrected chi connectivity index (χ2v) is 11.1. The van der Waals surface area contributed by atoms with Gasteiger partial charge in [0.05, 0.1) is 12.7 Å². The van der Waals surface area contributed by atoms with Crippen molar-refractivity contribution in [2.75, 3.05) is 13.7 Å². The third kappa shape index (κ3) is 6.67. The van der Waals surface area contributed by atoms with Gasteiger partial charge < -0.3 is 18.3 Å². The van der Waals surface area contributed by atoms with Crippen LogP contribution in [0.15, 0.2) is 73.4 Å². The number of aryl methyl sites for hydroxylation is 4. The number of carbonyl (C=O) groups excluding carboxylic acids is 2. The molecule has 4 rings (SSSR count). The van der Waals surface area contributed by atoms with E-state index in [9.17, 15) is 14.4 Å². The number of hydrogen-bond acceptors (Lipinski definition) is 7. The van der Waals surface area contributed by atoms with Crippen LogP contribution in [0, 0.1) is 41.5 Å². The number of ketones is 1. The van der Waals surface area contributed by atoms with E-state index in [4.69, 9.17) is 18.3 Å². The second kappa shape index (κ2) is 13.2. The lowest BCUT2D eigenvalue weighted by Gasteiger charge is -2.13. The minimum atomic E-state index is -0.619. The van der Waals surface area contributed by atoms with Gasteiger partial charge in [0.1, 0.15) is 22.7 Å². The molecule has 2 aromatic carbocycles. The summed E-state index contributed by atoms with van der Waals surface area (Å²) in [5.74, 6) is 0.288. The quantitative estimate of drug-likeness (QED) is 0.0632. The lowest BCUT2D eigenvalue weighted by Crippen LogP contribution is -2.13. The summed E-state index contributed by atoms with van der Waals surface area (Å²) in [5.41, 5.74) is 8.47. The van der Waals surface area contributed by atoms with Crippen LogP contribution in [0.4, 0.5) is 0 Å². The number of esters is 1. The zero-order chi connectivity index (χ0) is 32.3. The van der Waals surface area contributed by atoms with E-state index in [1.807, 2.05) is 38.1 Å². The fourth-order valence-corrected chi connectivity index (χ4v) is 5.29. The van der Waals surface area contributed by atoms with Crippen LogP contribution >= 0.6 is 0 Å². The topological polar surface area (TPSA) is 96.0 Å². The molecular formula is C37H38O7. The average Bonchev–Trinajstić information content (AvgIpc) is 3.30. The predicted octanol–water partition coefficient (Wildman–Crippen LogP) is 8.29. The van der Waals surface area contributed by atoms with Gasteiger partial charge >= 0.3 is 11.6 Å². The van der Waals surface area contributed by atoms with Crippen molar-refractivity contribution in [3.8, 4) is 5.75 Å². The summed E-state index contributed by atoms with van der Waals surface area (Å²) in [6.45, 7) is 14.8. The van der Waals surface area contributed by atoms with E-state index in [0.29, 0.717) is 44.4 Å². The normalized spacial score (nSPS) is 12.7. The van der Waals surface area contributed by atoms with Gasteiger partial charge in [-0.05, 0) is 101 Å². The fraction of sp³-hybridized carbons (Fsp3) is 0.270. The fourth-order valence-electron chi connectivity index (χ4n) is 5.29. The smallest absolute Gasteiger partial charge is 0.336 e. The molecule has 0 bridgehead atoms. The summed E-state index contributed by atoms with van der Waals surface area (Å²) < 4.78 is 22.0. The maximum atomic E-state index is 13.2. The van der Waals surface area contributed by atoms with Gasteiger partial charge in [0.2, 0.25) is 5.78 Å². The first-order valence-electron chi connectivity index (χ1n) is 14.4. The molecule has 0 aliphatic rings. The second-order valence-electron chi connectivity index (χ2n) is 11.1. The third-order valence-electron chi connectivity index (χ3n) is 7.83. The van der Waals surface area contributed by atoms with Crippen LogP contribution in [0.3, 0.4) is 0 Å². The number of methoxy groups -OCH3 is 1. The van der Waals surface area contributed by atoms with E-state index in [-0.39, 0.29) is 5.78 Å². The monoisotopic (exact) mass is 594 g/mol. The van der Waals surface area contributed by atoms with Crippen LogP contribution in [0.25, 0.3) is 28.0 Å². The molecule has 0 N–H and O–H groups in total. The van der Waals surface area contributed by atoms with Crippen molar-refractivity contribution < 1.29 is 27.9 Å². The van der Waals surface area contributed by atoms with Crippen molar-refractivity contribution in [2.24, 2.45) is 0 Å². The Morgan fingerprint density at radius 2 is 1.52 bits per heavy atom. The summed E-state index contributed by atoms with van der Waals surface area (Å²) in [6.07, 6.45) is 11.1. The molecule has 2 heterocycles. The minimum absolute atomic E-state index is 0.341. The highest BCUT2D eigenvalue weighted by atomic mass is 16.5. The largest absolute Gasteiger partial charge is 0.496 e. The number of furan rings is 1. The first-order valence-corrected chi connectivity index (χ1v) is 14.4. The van der Waals surface area contributed by atoms with Crippen LogP contribution in [0.1, 0.15) is 63.3 Å². The molecule has 4 aromatic rings. The molecule has 0 saturated heterocycles. The summed E-state index contributed by atoms with van der Waals surface area (Å²) in [5, 5.41) is 1.30. The standard InChI is InChI=1S/C37H38O7/c1-20(13-14-28-22(3)16-32(41-9)25(6)24(28)5)11-10-12-21(2)15-33(39)42-19-31(38)35-27(8)43-37-26(7)36-29(18-30(35)37)23(4)17-34(40)44-36/h10-18H,19H2,1-9H3/b12-10+,14-13+,20-11+,21-15+. The Bertz CT molecular complexity index is 1970. The van der Waals surface area contributed by atoms with Crippen molar-refractivity contribution in [1.82, 2.24) is 0 Å². The highest BCUT2D eigenvalue weighted by Crippen LogP contribution is 2.34. The van der Waals surface area contributed by atoms with Gasteiger partial charge in [-0.1, -0.05) is 36.0 Å². The molecular weight excluding hydrogens is 556 g/mol. The van der Waals surface area contributed by atoms with Crippen molar-refractivity contribution in [3.63, 3.8) is 0 Å². The highest BCUT2D eigenvalue weighted by Gasteiger charge is 2.23. The zero-order valence-corrected chi connectivity index (χ0v) is 26.8. The molecule has 0 fully saturated rings. The van der Waals surface area contributed by atoms with Gasteiger partial charge in [-0.25, -0.2) is 9.59 Å². The lowest BCUT2D eigenvalue weighted by atomic mass is 9.96. The van der Waals surface area contributed by atoms with E-state index in [2.05, 4.69) is 26.8 Å². The molecule has 0 aliphatic carbocycles. The number of fused-ring (bicyclic) bond motifs is 2. The molecule has 7 nitrogen and oxygen atoms in total. The Labute approximate surface area is 257 Å². The van der Waals surface area contributed by atoms with Crippen LogP contribution in [-0.4, -0.2) is 25.5 Å². The Morgan fingerprint density at radius 3 is 2.23 bits per heavy atom. The molecule has 7 heteroatoms. The number of Topliss-reactive ketones (excluding diaryl/α,β-unsaturated/α-hetero) is 1. The molecule has 0 atom stereocenters. The summed E-state index contributed by atoms with van der Waals surface area (Å²) in [4.78, 5) is 37.5. The van der Waals surface area contributed by atoms with Crippen LogP contribution in [-0.2, 0) is 9.53 Å². The van der Waals surface area contributed by atoms with Crippen molar-refractivity contribution in [3.05, 3.63) is 115 Å². The number of allylic oxidation sites excluding steroid dienone is 6. The first-order chi connectivity index (χ1) is 20.8. The number of carbonyl (C=O) groups is 2. The van der Waals surface area contributed by atoms with Crippen molar-refractivity contribution in [2.45, 2.75) is 55.4 Å². The molecule has 0 aliphatic heterocycles. The van der Waals surface area contributed by atoms with Gasteiger partial charge in [-0.3, -0.25) is 4.79 Å². The number of benzene rings is 2. The summed E-state index contributed by atoms with van der Waals surface area (Å²) in [6, 6.07) is 5.23. The zero-order valence-electron chi connectivity index (χ0n) is 26.8. The lowest BCUT2D eigenvalue weighted by molar-refractivity contribution is -0.136. The number of rotatable bonds is 9. The molecule has 44 heavy (non-hydrogen) atoms.